The predicted octanol–water partition coefficient (Wildman–Crippen LogP) is 4.10. The van der Waals surface area contributed by atoms with Gasteiger partial charge in [0.1, 0.15) is 10.3 Å². The highest BCUT2D eigenvalue weighted by Gasteiger charge is 2.30. The van der Waals surface area contributed by atoms with E-state index in [4.69, 9.17) is 0 Å². The average molecular weight is 485 g/mol. The first-order valence-electron chi connectivity index (χ1n) is 9.47. The van der Waals surface area contributed by atoms with Gasteiger partial charge in [-0.1, -0.05) is 50.1 Å². The molecule has 1 fully saturated rings. The van der Waals surface area contributed by atoms with Crippen molar-refractivity contribution in [3.8, 4) is 0 Å². The highest BCUT2D eigenvalue weighted by molar-refractivity contribution is 9.11. The number of rotatable bonds is 7. The Labute approximate surface area is 179 Å². The van der Waals surface area contributed by atoms with Crippen LogP contribution in [0.2, 0.25) is 0 Å². The van der Waals surface area contributed by atoms with Crippen LogP contribution in [-0.4, -0.2) is 26.4 Å². The number of hydrogen-bond donors (Lipinski definition) is 2. The lowest BCUT2D eigenvalue weighted by molar-refractivity contribution is -0.124. The highest BCUT2D eigenvalue weighted by atomic mass is 79.9. The minimum absolute atomic E-state index is 0.0971. The Kier molecular flexibility index (Phi) is 7.31. The van der Waals surface area contributed by atoms with Crippen LogP contribution in [0.1, 0.15) is 38.2 Å². The van der Waals surface area contributed by atoms with Gasteiger partial charge in [0.05, 0.1) is 3.79 Å². The van der Waals surface area contributed by atoms with E-state index in [1.54, 1.807) is 6.07 Å². The molecule has 3 atom stereocenters. The maximum atomic E-state index is 13.0. The fourth-order valence-corrected chi connectivity index (χ4v) is 6.76. The van der Waals surface area contributed by atoms with Crippen molar-refractivity contribution in [3.63, 3.8) is 0 Å². The van der Waals surface area contributed by atoms with Crippen molar-refractivity contribution in [3.05, 3.63) is 51.8 Å². The van der Waals surface area contributed by atoms with Crippen LogP contribution in [0.4, 0.5) is 0 Å². The number of benzene rings is 1. The van der Waals surface area contributed by atoms with Crippen molar-refractivity contribution < 1.29 is 13.2 Å². The first-order chi connectivity index (χ1) is 13.3. The van der Waals surface area contributed by atoms with Gasteiger partial charge in [-0.2, -0.15) is 4.72 Å². The molecule has 0 spiro atoms. The largest absolute Gasteiger partial charge is 0.352 e. The molecule has 0 unspecified atom stereocenters. The number of thiophene rings is 1. The van der Waals surface area contributed by atoms with E-state index in [0.29, 0.717) is 12.3 Å². The minimum atomic E-state index is -3.78. The number of halogens is 1. The summed E-state index contributed by atoms with van der Waals surface area (Å²) in [4.78, 5) is 13.0. The summed E-state index contributed by atoms with van der Waals surface area (Å²) >= 11 is 4.42. The molecule has 1 aromatic carbocycles. The lowest BCUT2D eigenvalue weighted by Crippen LogP contribution is -2.52. The summed E-state index contributed by atoms with van der Waals surface area (Å²) in [5, 5.41) is 3.10. The second kappa shape index (κ2) is 9.52. The quantitative estimate of drug-likeness (QED) is 0.620. The van der Waals surface area contributed by atoms with Crippen molar-refractivity contribution in [2.75, 3.05) is 0 Å². The van der Waals surface area contributed by atoms with Gasteiger partial charge in [0.15, 0.2) is 0 Å². The molecule has 0 radical (unpaired) electrons. The van der Waals surface area contributed by atoms with Gasteiger partial charge in [-0.05, 0) is 58.8 Å². The van der Waals surface area contributed by atoms with Gasteiger partial charge in [0.2, 0.25) is 5.91 Å². The molecule has 1 aliphatic rings. The van der Waals surface area contributed by atoms with Gasteiger partial charge >= 0.3 is 0 Å². The molecule has 1 saturated carbocycles. The second-order valence-electron chi connectivity index (χ2n) is 7.30. The Balaban J connectivity index is 1.79. The van der Waals surface area contributed by atoms with Crippen molar-refractivity contribution in [1.29, 1.82) is 0 Å². The van der Waals surface area contributed by atoms with E-state index in [-0.39, 0.29) is 16.2 Å². The smallest absolute Gasteiger partial charge is 0.250 e. The zero-order valence-corrected chi connectivity index (χ0v) is 18.9. The Bertz CT molecular complexity index is 899. The molecule has 1 amide bonds. The summed E-state index contributed by atoms with van der Waals surface area (Å²) in [6.07, 6.45) is 4.60. The molecule has 5 nitrogen and oxygen atoms in total. The van der Waals surface area contributed by atoms with Crippen molar-refractivity contribution in [2.45, 2.75) is 55.3 Å². The molecule has 1 heterocycles. The number of sulfonamides is 1. The number of nitrogens with one attached hydrogen (secondary N) is 2. The maximum Gasteiger partial charge on any atom is 0.250 e. The minimum Gasteiger partial charge on any atom is -0.352 e. The fourth-order valence-electron chi connectivity index (χ4n) is 3.54. The van der Waals surface area contributed by atoms with Gasteiger partial charge in [-0.25, -0.2) is 8.42 Å². The molecule has 0 saturated heterocycles. The van der Waals surface area contributed by atoms with Crippen LogP contribution in [0.25, 0.3) is 0 Å². The van der Waals surface area contributed by atoms with Gasteiger partial charge in [0, 0.05) is 6.04 Å². The summed E-state index contributed by atoms with van der Waals surface area (Å²) in [5.41, 5.74) is 0.911. The second-order valence-corrected chi connectivity index (χ2v) is 11.7. The van der Waals surface area contributed by atoms with E-state index in [2.05, 4.69) is 32.9 Å². The predicted molar refractivity (Wildman–Crippen MR) is 116 cm³/mol. The molecule has 2 aromatic rings. The standard InChI is InChI=1S/C20H25BrN2O3S2/c1-14-7-5-6-10-16(14)22-20(24)17(13-15-8-3-2-4-9-15)23-28(25,26)19-12-11-18(21)27-19/h2-4,8-9,11-12,14,16-17,23H,5-7,10,13H2,1H3,(H,22,24)/t14-,16+,17-/m1/s1. The molecule has 0 aliphatic heterocycles. The third-order valence-corrected chi connectivity index (χ3v) is 8.74. The summed E-state index contributed by atoms with van der Waals surface area (Å²) in [7, 11) is -3.78. The zero-order chi connectivity index (χ0) is 20.1. The zero-order valence-electron chi connectivity index (χ0n) is 15.7. The average Bonchev–Trinajstić information content (AvgIpc) is 3.11. The van der Waals surface area contributed by atoms with Crippen LogP contribution in [-0.2, 0) is 21.2 Å². The Morgan fingerprint density at radius 3 is 2.54 bits per heavy atom. The highest BCUT2D eigenvalue weighted by Crippen LogP contribution is 2.27. The van der Waals surface area contributed by atoms with E-state index in [1.165, 1.54) is 12.5 Å². The SMILES string of the molecule is C[C@@H]1CCCC[C@@H]1NC(=O)[C@@H](Cc1ccccc1)NS(=O)(=O)c1ccc(Br)s1. The topological polar surface area (TPSA) is 75.3 Å². The Morgan fingerprint density at radius 2 is 1.89 bits per heavy atom. The van der Waals surface area contributed by atoms with Crippen molar-refractivity contribution in [2.24, 2.45) is 5.92 Å². The molecule has 1 aromatic heterocycles. The van der Waals surface area contributed by atoms with Gasteiger partial charge in [-0.15, -0.1) is 11.3 Å². The van der Waals surface area contributed by atoms with Crippen LogP contribution in [0, 0.1) is 5.92 Å². The molecule has 28 heavy (non-hydrogen) atoms. The molecule has 8 heteroatoms. The Morgan fingerprint density at radius 1 is 1.18 bits per heavy atom. The molecule has 3 rings (SSSR count). The number of carbonyl (C=O) groups excluding carboxylic acids is 1. The summed E-state index contributed by atoms with van der Waals surface area (Å²) in [5.74, 6) is 0.140. The Hall–Kier alpha value is -1.22. The van der Waals surface area contributed by atoms with Gasteiger partial charge in [-0.3, -0.25) is 4.79 Å². The van der Waals surface area contributed by atoms with Crippen LogP contribution in [0.3, 0.4) is 0 Å². The monoisotopic (exact) mass is 484 g/mol. The molecular formula is C20H25BrN2O3S2. The van der Waals surface area contributed by atoms with Crippen LogP contribution >= 0.6 is 27.3 Å². The van der Waals surface area contributed by atoms with Gasteiger partial charge < -0.3 is 5.32 Å². The number of hydrogen-bond acceptors (Lipinski definition) is 4. The molecule has 1 aliphatic carbocycles. The molecule has 2 N–H and O–H groups in total. The first kappa shape index (κ1) is 21.5. The summed E-state index contributed by atoms with van der Waals surface area (Å²) in [6.45, 7) is 2.14. The summed E-state index contributed by atoms with van der Waals surface area (Å²) in [6, 6.07) is 11.9. The molecular weight excluding hydrogens is 460 g/mol. The maximum absolute atomic E-state index is 13.0. The lowest BCUT2D eigenvalue weighted by Gasteiger charge is -2.31. The van der Waals surface area contributed by atoms with Crippen LogP contribution in [0.5, 0.6) is 0 Å². The third kappa shape index (κ3) is 5.65. The number of amides is 1. The van der Waals surface area contributed by atoms with E-state index >= 15 is 0 Å². The third-order valence-electron chi connectivity index (χ3n) is 5.15. The van der Waals surface area contributed by atoms with E-state index in [0.717, 1.165) is 39.9 Å². The van der Waals surface area contributed by atoms with E-state index in [1.807, 2.05) is 30.3 Å². The van der Waals surface area contributed by atoms with Crippen molar-refractivity contribution >= 4 is 43.2 Å². The van der Waals surface area contributed by atoms with Crippen LogP contribution < -0.4 is 10.0 Å². The van der Waals surface area contributed by atoms with Crippen molar-refractivity contribution in [1.82, 2.24) is 10.0 Å². The normalized spacial score (nSPS) is 21.2. The van der Waals surface area contributed by atoms with Gasteiger partial charge in [0.25, 0.3) is 10.0 Å². The molecule has 152 valence electrons. The van der Waals surface area contributed by atoms with Crippen LogP contribution in [0.15, 0.2) is 50.5 Å². The fraction of sp³-hybridized carbons (Fsp3) is 0.450. The van der Waals surface area contributed by atoms with E-state index in [9.17, 15) is 13.2 Å². The number of carbonyl (C=O) groups is 1. The van der Waals surface area contributed by atoms with E-state index < -0.39 is 16.1 Å². The lowest BCUT2D eigenvalue weighted by atomic mass is 9.86. The summed E-state index contributed by atoms with van der Waals surface area (Å²) < 4.78 is 29.2. The first-order valence-corrected chi connectivity index (χ1v) is 12.6. The molecule has 0 bridgehead atoms.